The van der Waals surface area contributed by atoms with Crippen LogP contribution < -0.4 is 0 Å². The van der Waals surface area contributed by atoms with Gasteiger partial charge in [-0.2, -0.15) is 0 Å². The van der Waals surface area contributed by atoms with E-state index in [0.717, 1.165) is 11.5 Å². The second kappa shape index (κ2) is 5.21. The smallest absolute Gasteiger partial charge is 0.360 e. The normalized spacial score (nSPS) is 10.7. The lowest BCUT2D eigenvalue weighted by Gasteiger charge is -2.01. The van der Waals surface area contributed by atoms with E-state index in [1.165, 1.54) is 0 Å². The summed E-state index contributed by atoms with van der Waals surface area (Å²) in [5.41, 5.74) is 1.70. The van der Waals surface area contributed by atoms with Crippen LogP contribution in [0.4, 0.5) is 0 Å². The maximum Gasteiger partial charge on any atom is 0.360 e. The summed E-state index contributed by atoms with van der Waals surface area (Å²) in [6.45, 7) is 7.88. The maximum atomic E-state index is 11.6. The molecule has 0 saturated heterocycles. The van der Waals surface area contributed by atoms with Crippen LogP contribution in [0.1, 0.15) is 40.5 Å². The third-order valence-corrected chi connectivity index (χ3v) is 2.81. The molecule has 0 bridgehead atoms. The van der Waals surface area contributed by atoms with Crippen molar-refractivity contribution in [3.05, 3.63) is 28.7 Å². The summed E-state index contributed by atoms with van der Waals surface area (Å²) in [5, 5.41) is 7.75. The number of hydrogen-bond donors (Lipinski definition) is 0. The topological polar surface area (TPSA) is 83.0 Å². The fourth-order valence-corrected chi connectivity index (χ4v) is 1.63. The molecule has 2 aromatic rings. The number of carbonyl (C=O) groups is 1. The van der Waals surface area contributed by atoms with Crippen molar-refractivity contribution in [3.8, 4) is 0 Å². The van der Waals surface area contributed by atoms with E-state index in [-0.39, 0.29) is 5.69 Å². The first-order valence-electron chi connectivity index (χ1n) is 6.03. The number of aryl methyl sites for hydroxylation is 2. The van der Waals surface area contributed by atoms with Crippen LogP contribution in [0.15, 0.2) is 4.42 Å². The summed E-state index contributed by atoms with van der Waals surface area (Å²) in [4.78, 5) is 15.9. The molecular formula is C12H16N4O3. The molecular weight excluding hydrogens is 248 g/mol. The van der Waals surface area contributed by atoms with E-state index in [4.69, 9.17) is 9.15 Å². The molecule has 7 nitrogen and oxygen atoms in total. The lowest BCUT2D eigenvalue weighted by molar-refractivity contribution is 0.0518. The number of aromatic nitrogens is 4. The summed E-state index contributed by atoms with van der Waals surface area (Å²) in [7, 11) is 0. The Morgan fingerprint density at radius 2 is 2.11 bits per heavy atom. The molecule has 2 rings (SSSR count). The monoisotopic (exact) mass is 264 g/mol. The Hall–Kier alpha value is -2.18. The van der Waals surface area contributed by atoms with Gasteiger partial charge in [0.1, 0.15) is 12.3 Å². The first-order valence-corrected chi connectivity index (χ1v) is 6.03. The third kappa shape index (κ3) is 2.64. The Kier molecular flexibility index (Phi) is 3.64. The Labute approximate surface area is 110 Å². The predicted octanol–water partition coefficient (Wildman–Crippen LogP) is 1.42. The van der Waals surface area contributed by atoms with Gasteiger partial charge in [0.15, 0.2) is 5.69 Å². The summed E-state index contributed by atoms with van der Waals surface area (Å²) in [6.07, 6.45) is 0. The van der Waals surface area contributed by atoms with Gasteiger partial charge in [0.2, 0.25) is 5.89 Å². The van der Waals surface area contributed by atoms with Gasteiger partial charge in [-0.1, -0.05) is 5.21 Å². The molecule has 7 heteroatoms. The van der Waals surface area contributed by atoms with Gasteiger partial charge in [0, 0.05) is 0 Å². The maximum absolute atomic E-state index is 11.6. The van der Waals surface area contributed by atoms with E-state index in [0.29, 0.717) is 24.7 Å². The molecule has 0 aliphatic rings. The molecule has 0 aliphatic heterocycles. The van der Waals surface area contributed by atoms with E-state index in [2.05, 4.69) is 15.3 Å². The molecule has 0 radical (unpaired) electrons. The van der Waals surface area contributed by atoms with Gasteiger partial charge in [-0.15, -0.1) is 5.10 Å². The highest BCUT2D eigenvalue weighted by atomic mass is 16.5. The number of carbonyl (C=O) groups excluding carboxylic acids is 1. The first-order chi connectivity index (χ1) is 9.02. The largest absolute Gasteiger partial charge is 0.461 e. The molecule has 2 heterocycles. The van der Waals surface area contributed by atoms with Crippen LogP contribution in [0, 0.1) is 20.8 Å². The summed E-state index contributed by atoms with van der Waals surface area (Å²) >= 11 is 0. The average molecular weight is 264 g/mol. The second-order valence-electron chi connectivity index (χ2n) is 4.15. The fourth-order valence-electron chi connectivity index (χ4n) is 1.63. The molecule has 0 saturated carbocycles. The van der Waals surface area contributed by atoms with Gasteiger partial charge in [-0.05, 0) is 27.7 Å². The minimum Gasteiger partial charge on any atom is -0.461 e. The first kappa shape index (κ1) is 13.3. The highest BCUT2D eigenvalue weighted by Crippen LogP contribution is 2.12. The quantitative estimate of drug-likeness (QED) is 0.776. The van der Waals surface area contributed by atoms with Crippen molar-refractivity contribution in [1.82, 2.24) is 20.0 Å². The van der Waals surface area contributed by atoms with Crippen LogP contribution in [0.2, 0.25) is 0 Å². The Morgan fingerprint density at radius 3 is 2.68 bits per heavy atom. The molecule has 102 valence electrons. The van der Waals surface area contributed by atoms with Crippen LogP contribution >= 0.6 is 0 Å². The molecule has 2 aromatic heterocycles. The number of oxazole rings is 1. The third-order valence-electron chi connectivity index (χ3n) is 2.81. The number of esters is 1. The van der Waals surface area contributed by atoms with Crippen LogP contribution in [-0.2, 0) is 11.3 Å². The minimum atomic E-state index is -0.467. The number of rotatable bonds is 4. The van der Waals surface area contributed by atoms with Crippen molar-refractivity contribution in [2.45, 2.75) is 34.2 Å². The van der Waals surface area contributed by atoms with E-state index in [9.17, 15) is 4.79 Å². The highest BCUT2D eigenvalue weighted by Gasteiger charge is 2.18. The lowest BCUT2D eigenvalue weighted by atomic mass is 10.3. The van der Waals surface area contributed by atoms with Crippen LogP contribution in [0.5, 0.6) is 0 Å². The number of hydrogen-bond acceptors (Lipinski definition) is 6. The zero-order valence-electron chi connectivity index (χ0n) is 11.4. The van der Waals surface area contributed by atoms with E-state index < -0.39 is 5.97 Å². The van der Waals surface area contributed by atoms with Gasteiger partial charge in [-0.3, -0.25) is 0 Å². The Bertz CT molecular complexity index is 581. The van der Waals surface area contributed by atoms with E-state index >= 15 is 0 Å². The van der Waals surface area contributed by atoms with Gasteiger partial charge in [0.05, 0.1) is 18.0 Å². The molecule has 0 fully saturated rings. The SMILES string of the molecule is CCOC(=O)c1nnn(Cc2nc(C)c(C)o2)c1C. The van der Waals surface area contributed by atoms with Crippen molar-refractivity contribution >= 4 is 5.97 Å². The second-order valence-corrected chi connectivity index (χ2v) is 4.15. The van der Waals surface area contributed by atoms with Crippen LogP contribution in [0.3, 0.4) is 0 Å². The van der Waals surface area contributed by atoms with Gasteiger partial charge in [-0.25, -0.2) is 14.5 Å². The summed E-state index contributed by atoms with van der Waals surface area (Å²) in [5.74, 6) is 0.850. The van der Waals surface area contributed by atoms with Crippen molar-refractivity contribution in [3.63, 3.8) is 0 Å². The Balaban J connectivity index is 2.20. The van der Waals surface area contributed by atoms with E-state index in [1.54, 1.807) is 18.5 Å². The molecule has 0 aliphatic carbocycles. The number of ether oxygens (including phenoxy) is 1. The van der Waals surface area contributed by atoms with Gasteiger partial charge < -0.3 is 9.15 Å². The Morgan fingerprint density at radius 1 is 1.37 bits per heavy atom. The molecule has 0 aromatic carbocycles. The van der Waals surface area contributed by atoms with E-state index in [1.807, 2.05) is 13.8 Å². The van der Waals surface area contributed by atoms with Crippen LogP contribution in [0.25, 0.3) is 0 Å². The molecule has 0 amide bonds. The highest BCUT2D eigenvalue weighted by molar-refractivity contribution is 5.88. The molecule has 0 spiro atoms. The van der Waals surface area contributed by atoms with Gasteiger partial charge >= 0.3 is 5.97 Å². The molecule has 19 heavy (non-hydrogen) atoms. The van der Waals surface area contributed by atoms with Crippen molar-refractivity contribution < 1.29 is 13.9 Å². The average Bonchev–Trinajstić information content (AvgIpc) is 2.85. The standard InChI is InChI=1S/C12H16N4O3/c1-5-18-12(17)11-8(3)16(15-14-11)6-10-13-7(2)9(4)19-10/h5-6H2,1-4H3. The zero-order valence-corrected chi connectivity index (χ0v) is 11.4. The molecule has 0 unspecified atom stereocenters. The number of nitrogens with zero attached hydrogens (tertiary/aromatic N) is 4. The summed E-state index contributed by atoms with van der Waals surface area (Å²) in [6, 6.07) is 0. The minimum absolute atomic E-state index is 0.224. The fraction of sp³-hybridized carbons (Fsp3) is 0.500. The van der Waals surface area contributed by atoms with Gasteiger partial charge in [0.25, 0.3) is 0 Å². The molecule has 0 atom stereocenters. The zero-order chi connectivity index (χ0) is 14.0. The van der Waals surface area contributed by atoms with Crippen LogP contribution in [-0.4, -0.2) is 32.6 Å². The van der Waals surface area contributed by atoms with Crippen molar-refractivity contribution in [2.24, 2.45) is 0 Å². The van der Waals surface area contributed by atoms with Crippen molar-refractivity contribution in [1.29, 1.82) is 0 Å². The lowest BCUT2D eigenvalue weighted by Crippen LogP contribution is -2.09. The molecule has 0 N–H and O–H groups in total. The van der Waals surface area contributed by atoms with Crippen molar-refractivity contribution in [2.75, 3.05) is 6.61 Å². The summed E-state index contributed by atoms with van der Waals surface area (Å²) < 4.78 is 11.9. The predicted molar refractivity (Wildman–Crippen MR) is 65.8 cm³/mol.